The van der Waals surface area contributed by atoms with Crippen LogP contribution in [0.3, 0.4) is 0 Å². The molecule has 0 aliphatic rings. The van der Waals surface area contributed by atoms with E-state index in [2.05, 4.69) is 0 Å². The van der Waals surface area contributed by atoms with Gasteiger partial charge in [0.2, 0.25) is 5.76 Å². The Kier molecular flexibility index (Phi) is 3.15. The summed E-state index contributed by atoms with van der Waals surface area (Å²) in [6.07, 6.45) is -3.34. The number of hydrogen-bond acceptors (Lipinski definition) is 2. The molecule has 0 bridgehead atoms. The molecule has 1 heterocycles. The minimum Gasteiger partial charge on any atom is -0.452 e. The number of fused-ring (bicyclic) bond motifs is 1. The van der Waals surface area contributed by atoms with E-state index >= 15 is 0 Å². The number of furan rings is 1. The van der Waals surface area contributed by atoms with Gasteiger partial charge in [-0.05, 0) is 29.7 Å². The van der Waals surface area contributed by atoms with Crippen LogP contribution in [-0.2, 0) is 11.0 Å². The van der Waals surface area contributed by atoms with Gasteiger partial charge in [0, 0.05) is 11.8 Å². The molecule has 5 heteroatoms. The summed E-state index contributed by atoms with van der Waals surface area (Å²) in [5, 5.41) is 0.401. The van der Waals surface area contributed by atoms with Gasteiger partial charge in [-0.15, -0.1) is 0 Å². The number of alkyl halides is 3. The first-order valence-electron chi connectivity index (χ1n) is 5.46. The minimum absolute atomic E-state index is 0.0175. The molecular formula is C13H11F3O2. The molecule has 1 unspecified atom stereocenters. The zero-order valence-electron chi connectivity index (χ0n) is 9.62. The average Bonchev–Trinajstić information content (AvgIpc) is 2.71. The second kappa shape index (κ2) is 4.48. The van der Waals surface area contributed by atoms with Crippen LogP contribution in [0.25, 0.3) is 11.0 Å². The van der Waals surface area contributed by atoms with Gasteiger partial charge in [0.15, 0.2) is 0 Å². The average molecular weight is 256 g/mol. The van der Waals surface area contributed by atoms with Crippen LogP contribution in [0.15, 0.2) is 28.7 Å². The van der Waals surface area contributed by atoms with E-state index in [4.69, 9.17) is 4.42 Å². The van der Waals surface area contributed by atoms with Gasteiger partial charge in [-0.1, -0.05) is 13.0 Å². The highest BCUT2D eigenvalue weighted by molar-refractivity contribution is 5.79. The lowest BCUT2D eigenvalue weighted by molar-refractivity contribution is -0.152. The molecule has 0 N–H and O–H groups in total. The van der Waals surface area contributed by atoms with Crippen LogP contribution in [0.2, 0.25) is 0 Å². The monoisotopic (exact) mass is 256 g/mol. The third-order valence-electron chi connectivity index (χ3n) is 2.84. The Morgan fingerprint density at radius 3 is 2.67 bits per heavy atom. The molecule has 0 amide bonds. The van der Waals surface area contributed by atoms with Crippen molar-refractivity contribution < 1.29 is 22.4 Å². The Bertz CT molecular complexity index is 569. The van der Waals surface area contributed by atoms with Crippen molar-refractivity contribution in [3.63, 3.8) is 0 Å². The summed E-state index contributed by atoms with van der Waals surface area (Å²) in [6.45, 7) is 1.85. The number of aldehydes is 1. The topological polar surface area (TPSA) is 30.2 Å². The van der Waals surface area contributed by atoms with Gasteiger partial charge in [0.05, 0.1) is 0 Å². The highest BCUT2D eigenvalue weighted by Gasteiger charge is 2.35. The number of carbonyl (C=O) groups is 1. The molecule has 2 aromatic rings. The molecule has 0 spiro atoms. The van der Waals surface area contributed by atoms with E-state index in [1.165, 1.54) is 6.07 Å². The van der Waals surface area contributed by atoms with Crippen molar-refractivity contribution in [3.05, 3.63) is 35.6 Å². The van der Waals surface area contributed by atoms with Gasteiger partial charge in [-0.3, -0.25) is 0 Å². The van der Waals surface area contributed by atoms with Crippen LogP contribution in [0.1, 0.15) is 30.6 Å². The number of benzene rings is 1. The van der Waals surface area contributed by atoms with Gasteiger partial charge in [0.25, 0.3) is 0 Å². The summed E-state index contributed by atoms with van der Waals surface area (Å²) in [6, 6.07) is 5.79. The van der Waals surface area contributed by atoms with Gasteiger partial charge in [0.1, 0.15) is 11.9 Å². The summed E-state index contributed by atoms with van der Waals surface area (Å²) in [5.41, 5.74) is 1.02. The fraction of sp³-hybridized carbons (Fsp3) is 0.308. The smallest absolute Gasteiger partial charge is 0.449 e. The Hall–Kier alpha value is -1.78. The maximum Gasteiger partial charge on any atom is 0.449 e. The second-order valence-corrected chi connectivity index (χ2v) is 4.21. The van der Waals surface area contributed by atoms with Crippen LogP contribution >= 0.6 is 0 Å². The van der Waals surface area contributed by atoms with E-state index in [0.717, 1.165) is 17.9 Å². The first-order valence-corrected chi connectivity index (χ1v) is 5.46. The van der Waals surface area contributed by atoms with Gasteiger partial charge in [-0.25, -0.2) is 0 Å². The molecule has 1 aromatic carbocycles. The largest absolute Gasteiger partial charge is 0.452 e. The van der Waals surface area contributed by atoms with Crippen molar-refractivity contribution >= 4 is 17.3 Å². The zero-order chi connectivity index (χ0) is 13.3. The summed E-state index contributed by atoms with van der Waals surface area (Å²) < 4.78 is 42.1. The van der Waals surface area contributed by atoms with E-state index < -0.39 is 11.9 Å². The molecule has 0 fully saturated rings. The third-order valence-corrected chi connectivity index (χ3v) is 2.84. The molecule has 18 heavy (non-hydrogen) atoms. The molecule has 0 radical (unpaired) electrons. The van der Waals surface area contributed by atoms with E-state index in [9.17, 15) is 18.0 Å². The van der Waals surface area contributed by atoms with Gasteiger partial charge < -0.3 is 9.21 Å². The molecular weight excluding hydrogens is 245 g/mol. The van der Waals surface area contributed by atoms with Crippen molar-refractivity contribution in [2.75, 3.05) is 0 Å². The molecule has 0 saturated carbocycles. The summed E-state index contributed by atoms with van der Waals surface area (Å²) in [7, 11) is 0. The van der Waals surface area contributed by atoms with E-state index in [1.54, 1.807) is 12.1 Å². The molecule has 0 aliphatic heterocycles. The normalized spacial score (nSPS) is 13.8. The first-order chi connectivity index (χ1) is 8.41. The van der Waals surface area contributed by atoms with Crippen LogP contribution in [-0.4, -0.2) is 6.29 Å². The fourth-order valence-corrected chi connectivity index (χ4v) is 1.79. The lowest BCUT2D eigenvalue weighted by atomic mass is 9.97. The number of rotatable bonds is 3. The van der Waals surface area contributed by atoms with Gasteiger partial charge >= 0.3 is 6.18 Å². The predicted molar refractivity (Wildman–Crippen MR) is 60.3 cm³/mol. The Morgan fingerprint density at radius 1 is 1.33 bits per heavy atom. The van der Waals surface area contributed by atoms with E-state index in [0.29, 0.717) is 11.8 Å². The molecule has 2 rings (SSSR count). The van der Waals surface area contributed by atoms with E-state index in [-0.39, 0.29) is 11.5 Å². The van der Waals surface area contributed by atoms with Crippen LogP contribution in [0.5, 0.6) is 0 Å². The number of halogens is 3. The molecule has 96 valence electrons. The molecule has 1 aromatic heterocycles. The minimum atomic E-state index is -4.48. The fourth-order valence-electron chi connectivity index (χ4n) is 1.79. The standard InChI is InChI=1S/C13H11F3O2/c1-8(4-5-17)9-2-3-11-10(6-9)7-12(18-11)13(14,15)16/h2-3,5-8H,4H2,1H3. The van der Waals surface area contributed by atoms with Crippen LogP contribution < -0.4 is 0 Å². The summed E-state index contributed by atoms with van der Waals surface area (Å²) >= 11 is 0. The predicted octanol–water partition coefficient (Wildman–Crippen LogP) is 4.14. The Balaban J connectivity index is 2.42. The van der Waals surface area contributed by atoms with Crippen molar-refractivity contribution in [2.24, 2.45) is 0 Å². The van der Waals surface area contributed by atoms with Crippen molar-refractivity contribution in [2.45, 2.75) is 25.4 Å². The lowest BCUT2D eigenvalue weighted by Gasteiger charge is -2.07. The molecule has 0 saturated heterocycles. The second-order valence-electron chi connectivity index (χ2n) is 4.21. The SMILES string of the molecule is CC(CC=O)c1ccc2oc(C(F)(F)F)cc2c1. The highest BCUT2D eigenvalue weighted by atomic mass is 19.4. The third kappa shape index (κ3) is 2.39. The van der Waals surface area contributed by atoms with Crippen molar-refractivity contribution in [3.8, 4) is 0 Å². The van der Waals surface area contributed by atoms with Crippen molar-refractivity contribution in [1.29, 1.82) is 0 Å². The molecule has 2 nitrogen and oxygen atoms in total. The Labute approximate surface area is 101 Å². The van der Waals surface area contributed by atoms with Crippen molar-refractivity contribution in [1.82, 2.24) is 0 Å². The zero-order valence-corrected chi connectivity index (χ0v) is 9.62. The summed E-state index contributed by atoms with van der Waals surface area (Å²) in [5.74, 6) is -1.02. The van der Waals surface area contributed by atoms with Crippen LogP contribution in [0, 0.1) is 0 Å². The Morgan fingerprint density at radius 2 is 2.06 bits per heavy atom. The van der Waals surface area contributed by atoms with Crippen LogP contribution in [0.4, 0.5) is 13.2 Å². The maximum atomic E-state index is 12.5. The van der Waals surface area contributed by atoms with E-state index in [1.807, 2.05) is 6.92 Å². The number of hydrogen-bond donors (Lipinski definition) is 0. The molecule has 0 aliphatic carbocycles. The number of carbonyl (C=O) groups excluding carboxylic acids is 1. The maximum absolute atomic E-state index is 12.5. The van der Waals surface area contributed by atoms with Gasteiger partial charge in [-0.2, -0.15) is 13.2 Å². The quantitative estimate of drug-likeness (QED) is 0.772. The molecule has 1 atom stereocenters. The summed E-state index contributed by atoms with van der Waals surface area (Å²) in [4.78, 5) is 10.4. The first kappa shape index (κ1) is 12.7. The highest BCUT2D eigenvalue weighted by Crippen LogP contribution is 2.34. The lowest BCUT2D eigenvalue weighted by Crippen LogP contribution is -2.01.